The number of nitrogen functional groups attached to an aromatic ring is 1. The number of rotatable bonds is 5. The summed E-state index contributed by atoms with van der Waals surface area (Å²) in [5.41, 5.74) is 13.1. The van der Waals surface area contributed by atoms with Crippen LogP contribution in [0.4, 0.5) is 5.69 Å². The summed E-state index contributed by atoms with van der Waals surface area (Å²) in [6, 6.07) is 21.1. The molecule has 0 aliphatic heterocycles. The number of amides is 1. The van der Waals surface area contributed by atoms with Gasteiger partial charge in [-0.25, -0.2) is 4.98 Å². The van der Waals surface area contributed by atoms with Gasteiger partial charge < -0.3 is 16.0 Å². The molecule has 5 aromatic rings. The molecule has 1 unspecified atom stereocenters. The molecular formula is C28H26N4OS. The van der Waals surface area contributed by atoms with Gasteiger partial charge in [0.15, 0.2) is 0 Å². The van der Waals surface area contributed by atoms with Crippen LogP contribution in [0, 0.1) is 0 Å². The van der Waals surface area contributed by atoms with Crippen molar-refractivity contribution in [3.63, 3.8) is 0 Å². The summed E-state index contributed by atoms with van der Waals surface area (Å²) in [6.07, 6.45) is 5.78. The molecule has 6 rings (SSSR count). The van der Waals surface area contributed by atoms with Gasteiger partial charge in [0.25, 0.3) is 5.91 Å². The molecule has 1 aliphatic carbocycles. The van der Waals surface area contributed by atoms with Crippen LogP contribution in [0.3, 0.4) is 0 Å². The van der Waals surface area contributed by atoms with E-state index in [0.717, 1.165) is 47.1 Å². The minimum absolute atomic E-state index is 0.125. The lowest BCUT2D eigenvalue weighted by Gasteiger charge is -2.24. The van der Waals surface area contributed by atoms with Crippen molar-refractivity contribution in [3.05, 3.63) is 94.1 Å². The van der Waals surface area contributed by atoms with E-state index >= 15 is 0 Å². The predicted molar refractivity (Wildman–Crippen MR) is 140 cm³/mol. The van der Waals surface area contributed by atoms with E-state index in [2.05, 4.69) is 58.8 Å². The molecule has 0 spiro atoms. The number of para-hydroxylation sites is 1. The molecule has 0 fully saturated rings. The molecule has 170 valence electrons. The first-order valence-electron chi connectivity index (χ1n) is 11.8. The number of carbonyl (C=O) groups is 1. The number of anilines is 1. The van der Waals surface area contributed by atoms with Gasteiger partial charge in [0.05, 0.1) is 5.69 Å². The number of pyridine rings is 1. The maximum atomic E-state index is 13.0. The molecule has 5 nitrogen and oxygen atoms in total. The van der Waals surface area contributed by atoms with Crippen molar-refractivity contribution >= 4 is 44.1 Å². The van der Waals surface area contributed by atoms with E-state index in [9.17, 15) is 4.79 Å². The summed E-state index contributed by atoms with van der Waals surface area (Å²) in [6.45, 7) is 0.553. The largest absolute Gasteiger partial charge is 0.397 e. The van der Waals surface area contributed by atoms with E-state index in [1.807, 2.05) is 18.3 Å². The number of benzene rings is 2. The average molecular weight is 467 g/mol. The first kappa shape index (κ1) is 20.9. The highest BCUT2D eigenvalue weighted by Gasteiger charge is 2.24. The van der Waals surface area contributed by atoms with Gasteiger partial charge >= 0.3 is 0 Å². The summed E-state index contributed by atoms with van der Waals surface area (Å²) in [5.74, 6) is 0.376. The van der Waals surface area contributed by atoms with Crippen LogP contribution in [-0.4, -0.2) is 22.4 Å². The highest BCUT2D eigenvalue weighted by atomic mass is 32.1. The Bertz CT molecular complexity index is 1500. The van der Waals surface area contributed by atoms with E-state index in [0.29, 0.717) is 23.0 Å². The molecule has 0 radical (unpaired) electrons. The SMILES string of the molecule is Nc1c(C(=O)NCCc2c[nH]c3ccccc23)sc2nc3c(cc12)CC(c1ccccc1)CC3. The Labute approximate surface area is 202 Å². The summed E-state index contributed by atoms with van der Waals surface area (Å²) in [7, 11) is 0. The fourth-order valence-electron chi connectivity index (χ4n) is 5.10. The predicted octanol–water partition coefficient (Wildman–Crippen LogP) is 5.60. The van der Waals surface area contributed by atoms with E-state index in [4.69, 9.17) is 10.7 Å². The third-order valence-electron chi connectivity index (χ3n) is 6.92. The maximum absolute atomic E-state index is 13.0. The van der Waals surface area contributed by atoms with E-state index in [-0.39, 0.29) is 5.91 Å². The highest BCUT2D eigenvalue weighted by Crippen LogP contribution is 2.38. The van der Waals surface area contributed by atoms with Crippen molar-refractivity contribution in [2.45, 2.75) is 31.6 Å². The fourth-order valence-corrected chi connectivity index (χ4v) is 6.11. The average Bonchev–Trinajstić information content (AvgIpc) is 3.43. The number of aromatic amines is 1. The molecule has 3 aromatic heterocycles. The lowest BCUT2D eigenvalue weighted by Crippen LogP contribution is -2.25. The third-order valence-corrected chi connectivity index (χ3v) is 8.03. The number of carbonyl (C=O) groups excluding carboxylic acids is 1. The van der Waals surface area contributed by atoms with Crippen molar-refractivity contribution in [2.75, 3.05) is 12.3 Å². The van der Waals surface area contributed by atoms with Crippen molar-refractivity contribution < 1.29 is 4.79 Å². The standard InChI is InChI=1S/C28H26N4OS/c29-25-22-15-20-14-18(17-6-2-1-3-7-17)10-11-23(20)32-28(22)34-26(25)27(33)30-13-12-19-16-31-24-9-5-4-8-21(19)24/h1-9,15-16,18,31H,10-14,29H2,(H,30,33). The first-order chi connectivity index (χ1) is 16.7. The Morgan fingerprint density at radius 2 is 1.94 bits per heavy atom. The molecule has 6 heteroatoms. The molecule has 3 heterocycles. The van der Waals surface area contributed by atoms with Crippen molar-refractivity contribution in [2.24, 2.45) is 0 Å². The zero-order chi connectivity index (χ0) is 23.1. The summed E-state index contributed by atoms with van der Waals surface area (Å²) in [5, 5.41) is 5.15. The van der Waals surface area contributed by atoms with Gasteiger partial charge in [-0.2, -0.15) is 0 Å². The van der Waals surface area contributed by atoms with Gasteiger partial charge in [-0.05, 0) is 60.4 Å². The minimum atomic E-state index is -0.125. The zero-order valence-electron chi connectivity index (χ0n) is 18.8. The van der Waals surface area contributed by atoms with Gasteiger partial charge in [-0.15, -0.1) is 11.3 Å². The number of aryl methyl sites for hydroxylation is 1. The van der Waals surface area contributed by atoms with Crippen LogP contribution in [0.25, 0.3) is 21.1 Å². The van der Waals surface area contributed by atoms with Gasteiger partial charge in [-0.3, -0.25) is 4.79 Å². The Hall–Kier alpha value is -3.64. The number of nitrogens with zero attached hydrogens (tertiary/aromatic N) is 1. The van der Waals surface area contributed by atoms with E-state index < -0.39 is 0 Å². The number of nitrogens with one attached hydrogen (secondary N) is 2. The summed E-state index contributed by atoms with van der Waals surface area (Å²) < 4.78 is 0. The second-order valence-electron chi connectivity index (χ2n) is 9.01. The van der Waals surface area contributed by atoms with Gasteiger partial charge in [0.2, 0.25) is 0 Å². The highest BCUT2D eigenvalue weighted by molar-refractivity contribution is 7.21. The number of aromatic nitrogens is 2. The summed E-state index contributed by atoms with van der Waals surface area (Å²) >= 11 is 1.40. The normalized spacial score (nSPS) is 15.5. The van der Waals surface area contributed by atoms with Crippen LogP contribution in [0.2, 0.25) is 0 Å². The molecule has 1 aliphatic rings. The number of hydrogen-bond donors (Lipinski definition) is 3. The van der Waals surface area contributed by atoms with Crippen LogP contribution >= 0.6 is 11.3 Å². The second-order valence-corrected chi connectivity index (χ2v) is 10.0. The molecule has 0 saturated carbocycles. The molecule has 0 saturated heterocycles. The van der Waals surface area contributed by atoms with Gasteiger partial charge in [0, 0.05) is 34.7 Å². The van der Waals surface area contributed by atoms with E-state index in [1.54, 1.807) is 0 Å². The molecule has 0 bridgehead atoms. The van der Waals surface area contributed by atoms with Crippen molar-refractivity contribution in [3.8, 4) is 0 Å². The third kappa shape index (κ3) is 3.74. The zero-order valence-corrected chi connectivity index (χ0v) is 19.6. The summed E-state index contributed by atoms with van der Waals surface area (Å²) in [4.78, 5) is 22.6. The Kier molecular flexibility index (Phi) is 5.30. The smallest absolute Gasteiger partial charge is 0.263 e. The molecule has 1 amide bonds. The molecular weight excluding hydrogens is 440 g/mol. The Balaban J connectivity index is 1.19. The van der Waals surface area contributed by atoms with E-state index in [1.165, 1.54) is 33.4 Å². The number of hydrogen-bond acceptors (Lipinski definition) is 4. The number of nitrogens with two attached hydrogens (primary N) is 1. The second kappa shape index (κ2) is 8.61. The van der Waals surface area contributed by atoms with Crippen molar-refractivity contribution in [1.29, 1.82) is 0 Å². The van der Waals surface area contributed by atoms with Crippen LogP contribution in [0.15, 0.2) is 66.9 Å². The van der Waals surface area contributed by atoms with Crippen LogP contribution in [0.1, 0.15) is 44.4 Å². The number of H-pyrrole nitrogens is 1. The molecule has 4 N–H and O–H groups in total. The number of fused-ring (bicyclic) bond motifs is 3. The quantitative estimate of drug-likeness (QED) is 0.315. The van der Waals surface area contributed by atoms with Crippen LogP contribution < -0.4 is 11.1 Å². The van der Waals surface area contributed by atoms with Crippen LogP contribution in [0.5, 0.6) is 0 Å². The minimum Gasteiger partial charge on any atom is -0.397 e. The topological polar surface area (TPSA) is 83.8 Å². The molecule has 2 aromatic carbocycles. The lowest BCUT2D eigenvalue weighted by atomic mass is 9.82. The lowest BCUT2D eigenvalue weighted by molar-refractivity contribution is 0.0959. The number of thiophene rings is 1. The first-order valence-corrected chi connectivity index (χ1v) is 12.6. The van der Waals surface area contributed by atoms with Crippen LogP contribution in [-0.2, 0) is 19.3 Å². The fraction of sp³-hybridized carbons (Fsp3) is 0.214. The van der Waals surface area contributed by atoms with Gasteiger partial charge in [0.1, 0.15) is 9.71 Å². The Morgan fingerprint density at radius 3 is 2.82 bits per heavy atom. The van der Waals surface area contributed by atoms with Crippen molar-refractivity contribution in [1.82, 2.24) is 15.3 Å². The van der Waals surface area contributed by atoms with Gasteiger partial charge in [-0.1, -0.05) is 48.5 Å². The molecule has 34 heavy (non-hydrogen) atoms. The Morgan fingerprint density at radius 1 is 1.12 bits per heavy atom. The monoisotopic (exact) mass is 466 g/mol. The molecule has 1 atom stereocenters. The maximum Gasteiger partial charge on any atom is 0.263 e.